The van der Waals surface area contributed by atoms with Gasteiger partial charge in [0.25, 0.3) is 0 Å². The molecular formula is C31H24BNO. The summed E-state index contributed by atoms with van der Waals surface area (Å²) in [5.41, 5.74) is 6.29. The molecule has 5 rings (SSSR count). The summed E-state index contributed by atoms with van der Waals surface area (Å²) < 4.78 is 6.75. The van der Waals surface area contributed by atoms with Crippen LogP contribution < -0.4 is 10.9 Å². The fourth-order valence-electron chi connectivity index (χ4n) is 3.93. The molecule has 34 heavy (non-hydrogen) atoms. The minimum atomic E-state index is -0.238. The molecule has 0 aliphatic rings. The molecule has 0 fully saturated rings. The highest BCUT2D eigenvalue weighted by Gasteiger charge is 2.24. The van der Waals surface area contributed by atoms with Gasteiger partial charge >= 0.3 is 6.92 Å². The van der Waals surface area contributed by atoms with Crippen molar-refractivity contribution in [1.82, 2.24) is 4.98 Å². The van der Waals surface area contributed by atoms with Gasteiger partial charge in [-0.25, -0.2) is 0 Å². The summed E-state index contributed by atoms with van der Waals surface area (Å²) in [6, 6.07) is 45.3. The number of hydrogen-bond acceptors (Lipinski definition) is 2. The molecule has 0 saturated carbocycles. The SMILES string of the molecule is C(=C(/OB(c1ccccc1)c1ccccc1)c1ccccc1)/c1ccc(-c2ccccc2)cn1. The Labute approximate surface area is 201 Å². The molecule has 0 N–H and O–H groups in total. The largest absolute Gasteiger partial charge is 0.551 e. The van der Waals surface area contributed by atoms with E-state index >= 15 is 0 Å². The highest BCUT2D eigenvalue weighted by atomic mass is 16.4. The molecule has 0 aliphatic carbocycles. The second-order valence-electron chi connectivity index (χ2n) is 8.03. The number of rotatable bonds is 7. The van der Waals surface area contributed by atoms with Crippen molar-refractivity contribution < 1.29 is 4.65 Å². The van der Waals surface area contributed by atoms with Crippen molar-refractivity contribution in [3.63, 3.8) is 0 Å². The van der Waals surface area contributed by atoms with Crippen molar-refractivity contribution in [2.75, 3.05) is 0 Å². The lowest BCUT2D eigenvalue weighted by Gasteiger charge is -2.19. The molecule has 3 heteroatoms. The first-order chi connectivity index (χ1) is 16.9. The van der Waals surface area contributed by atoms with Crippen molar-refractivity contribution in [3.05, 3.63) is 151 Å². The van der Waals surface area contributed by atoms with Crippen LogP contribution >= 0.6 is 0 Å². The lowest BCUT2D eigenvalue weighted by Crippen LogP contribution is -2.44. The summed E-state index contributed by atoms with van der Waals surface area (Å²) in [5.74, 6) is 0.776. The summed E-state index contributed by atoms with van der Waals surface area (Å²) in [7, 11) is 0. The average molecular weight is 437 g/mol. The van der Waals surface area contributed by atoms with E-state index in [1.807, 2.05) is 91.1 Å². The van der Waals surface area contributed by atoms with Gasteiger partial charge in [-0.15, -0.1) is 0 Å². The zero-order valence-corrected chi connectivity index (χ0v) is 18.8. The van der Waals surface area contributed by atoms with E-state index in [0.717, 1.165) is 39.1 Å². The van der Waals surface area contributed by atoms with Gasteiger partial charge in [-0.2, -0.15) is 0 Å². The van der Waals surface area contributed by atoms with E-state index in [-0.39, 0.29) is 6.92 Å². The molecule has 5 aromatic rings. The predicted octanol–water partition coefficient (Wildman–Crippen LogP) is 6.07. The highest BCUT2D eigenvalue weighted by molar-refractivity contribution is 6.80. The van der Waals surface area contributed by atoms with E-state index in [0.29, 0.717) is 0 Å². The first-order valence-electron chi connectivity index (χ1n) is 11.4. The molecule has 0 amide bonds. The van der Waals surface area contributed by atoms with Gasteiger partial charge in [0.05, 0.1) is 5.69 Å². The molecule has 1 aromatic heterocycles. The Morgan fingerprint density at radius 3 is 1.62 bits per heavy atom. The van der Waals surface area contributed by atoms with Gasteiger partial charge in [-0.1, -0.05) is 127 Å². The van der Waals surface area contributed by atoms with E-state index in [1.165, 1.54) is 0 Å². The summed E-state index contributed by atoms with van der Waals surface area (Å²) in [4.78, 5) is 4.72. The van der Waals surface area contributed by atoms with Crippen molar-refractivity contribution >= 4 is 29.7 Å². The first kappa shape index (κ1) is 21.5. The van der Waals surface area contributed by atoms with Crippen molar-refractivity contribution in [3.8, 4) is 11.1 Å². The number of nitrogens with zero attached hydrogens (tertiary/aromatic N) is 1. The summed E-state index contributed by atoms with van der Waals surface area (Å²) in [6.07, 6.45) is 3.93. The van der Waals surface area contributed by atoms with E-state index in [4.69, 9.17) is 9.64 Å². The van der Waals surface area contributed by atoms with Gasteiger partial charge in [0, 0.05) is 23.4 Å². The Morgan fingerprint density at radius 1 is 0.559 bits per heavy atom. The molecule has 4 aromatic carbocycles. The summed E-state index contributed by atoms with van der Waals surface area (Å²) in [5, 5.41) is 0. The Balaban J connectivity index is 1.53. The smallest absolute Gasteiger partial charge is 0.426 e. The number of aromatic nitrogens is 1. The van der Waals surface area contributed by atoms with Crippen LogP contribution in [-0.4, -0.2) is 11.9 Å². The van der Waals surface area contributed by atoms with E-state index < -0.39 is 0 Å². The number of pyridine rings is 1. The molecular weight excluding hydrogens is 413 g/mol. The average Bonchev–Trinajstić information content (AvgIpc) is 2.93. The molecule has 0 atom stereocenters. The van der Waals surface area contributed by atoms with Gasteiger partial charge in [-0.3, -0.25) is 4.98 Å². The standard InChI is InChI=1S/C31H24BNO/c1-5-13-25(14-6-1)27-21-22-30(33-24-27)23-31(26-15-7-2-8-16-26)34-32(28-17-9-3-10-18-28)29-19-11-4-12-20-29/h1-24H/b31-23-. The Bertz CT molecular complexity index is 1300. The number of benzene rings is 4. The van der Waals surface area contributed by atoms with Crippen LogP contribution in [0.4, 0.5) is 0 Å². The van der Waals surface area contributed by atoms with Crippen LogP contribution in [0.15, 0.2) is 140 Å². The Morgan fingerprint density at radius 2 is 1.09 bits per heavy atom. The molecule has 0 radical (unpaired) electrons. The van der Waals surface area contributed by atoms with E-state index in [9.17, 15) is 0 Å². The van der Waals surface area contributed by atoms with Crippen LogP contribution in [0.3, 0.4) is 0 Å². The topological polar surface area (TPSA) is 22.1 Å². The van der Waals surface area contributed by atoms with Crippen LogP contribution in [0.1, 0.15) is 11.3 Å². The maximum Gasteiger partial charge on any atom is 0.426 e. The zero-order valence-electron chi connectivity index (χ0n) is 18.8. The summed E-state index contributed by atoms with van der Waals surface area (Å²) >= 11 is 0. The fourth-order valence-corrected chi connectivity index (χ4v) is 3.93. The normalized spacial score (nSPS) is 11.1. The molecule has 0 spiro atoms. The highest BCUT2D eigenvalue weighted by Crippen LogP contribution is 2.22. The lowest BCUT2D eigenvalue weighted by molar-refractivity contribution is 0.551. The van der Waals surface area contributed by atoms with Crippen LogP contribution in [-0.2, 0) is 4.65 Å². The second-order valence-corrected chi connectivity index (χ2v) is 8.03. The van der Waals surface area contributed by atoms with Crippen molar-refractivity contribution in [1.29, 1.82) is 0 Å². The van der Waals surface area contributed by atoms with Gasteiger partial charge < -0.3 is 4.65 Å². The Hall–Kier alpha value is -4.37. The van der Waals surface area contributed by atoms with Gasteiger partial charge in [-0.05, 0) is 22.6 Å². The molecule has 0 unspecified atom stereocenters. The minimum absolute atomic E-state index is 0.238. The Kier molecular flexibility index (Phi) is 6.63. The van der Waals surface area contributed by atoms with Crippen LogP contribution in [0.2, 0.25) is 0 Å². The zero-order chi connectivity index (χ0) is 23.0. The predicted molar refractivity (Wildman–Crippen MR) is 143 cm³/mol. The van der Waals surface area contributed by atoms with Crippen molar-refractivity contribution in [2.45, 2.75) is 0 Å². The summed E-state index contributed by atoms with van der Waals surface area (Å²) in [6.45, 7) is -0.238. The number of hydrogen-bond donors (Lipinski definition) is 0. The second kappa shape index (κ2) is 10.5. The molecule has 0 saturated heterocycles. The maximum absolute atomic E-state index is 6.75. The third kappa shape index (κ3) is 5.16. The molecule has 1 heterocycles. The van der Waals surface area contributed by atoms with E-state index in [2.05, 4.69) is 54.6 Å². The molecule has 0 bridgehead atoms. The molecule has 162 valence electrons. The van der Waals surface area contributed by atoms with E-state index in [1.54, 1.807) is 0 Å². The van der Waals surface area contributed by atoms with Crippen molar-refractivity contribution in [2.24, 2.45) is 0 Å². The van der Waals surface area contributed by atoms with Crippen LogP contribution in [0.25, 0.3) is 23.0 Å². The van der Waals surface area contributed by atoms with Gasteiger partial charge in [0.1, 0.15) is 5.76 Å². The van der Waals surface area contributed by atoms with Crippen LogP contribution in [0, 0.1) is 0 Å². The third-order valence-corrected chi connectivity index (χ3v) is 5.68. The lowest BCUT2D eigenvalue weighted by atomic mass is 9.55. The quantitative estimate of drug-likeness (QED) is 0.228. The van der Waals surface area contributed by atoms with Crippen LogP contribution in [0.5, 0.6) is 0 Å². The van der Waals surface area contributed by atoms with Gasteiger partial charge in [0.2, 0.25) is 0 Å². The van der Waals surface area contributed by atoms with Gasteiger partial charge in [0.15, 0.2) is 0 Å². The maximum atomic E-state index is 6.75. The molecule has 0 aliphatic heterocycles. The third-order valence-electron chi connectivity index (χ3n) is 5.68. The first-order valence-corrected chi connectivity index (χ1v) is 11.4. The monoisotopic (exact) mass is 437 g/mol. The fraction of sp³-hybridized carbons (Fsp3) is 0. The minimum Gasteiger partial charge on any atom is -0.551 e. The molecule has 2 nitrogen and oxygen atoms in total.